The minimum atomic E-state index is 0.551. The number of hydrogen-bond donors (Lipinski definition) is 1. The molecule has 0 bridgehead atoms. The van der Waals surface area contributed by atoms with E-state index in [0.29, 0.717) is 11.2 Å². The lowest BCUT2D eigenvalue weighted by atomic mass is 10.2. The minimum absolute atomic E-state index is 0.551. The molecule has 0 spiro atoms. The fraction of sp³-hybridized carbons (Fsp3) is 0.100. The average Bonchev–Trinajstić information content (AvgIpc) is 2.82. The van der Waals surface area contributed by atoms with E-state index in [1.807, 2.05) is 17.9 Å². The van der Waals surface area contributed by atoms with Gasteiger partial charge in [0.05, 0.1) is 21.9 Å². The number of halogens is 1. The van der Waals surface area contributed by atoms with Gasteiger partial charge in [-0.1, -0.05) is 0 Å². The van der Waals surface area contributed by atoms with E-state index in [9.17, 15) is 0 Å². The SMILES string of the molecule is Cn1[nH]cc2c(Br)nc3ncc(C#N)c3c21. The molecule has 0 saturated heterocycles. The van der Waals surface area contributed by atoms with E-state index >= 15 is 0 Å². The molecule has 0 aliphatic heterocycles. The predicted octanol–water partition coefficient (Wildman–Crippen LogP) is 2.08. The first-order valence-electron chi connectivity index (χ1n) is 4.60. The van der Waals surface area contributed by atoms with Gasteiger partial charge in [0.15, 0.2) is 5.65 Å². The molecule has 6 heteroatoms. The Morgan fingerprint density at radius 1 is 1.56 bits per heavy atom. The van der Waals surface area contributed by atoms with Crippen molar-refractivity contribution in [2.75, 3.05) is 0 Å². The zero-order chi connectivity index (χ0) is 11.3. The number of nitrogens with one attached hydrogen (secondary N) is 1. The van der Waals surface area contributed by atoms with Gasteiger partial charge in [-0.3, -0.25) is 4.68 Å². The van der Waals surface area contributed by atoms with Crippen LogP contribution in [0.3, 0.4) is 0 Å². The molecule has 0 aliphatic rings. The molecule has 0 atom stereocenters. The number of aromatic amines is 1. The first-order chi connectivity index (χ1) is 7.72. The Balaban J connectivity index is 2.69. The molecule has 3 heterocycles. The van der Waals surface area contributed by atoms with Crippen LogP contribution in [0.2, 0.25) is 0 Å². The third-order valence-corrected chi connectivity index (χ3v) is 3.19. The number of nitriles is 1. The van der Waals surface area contributed by atoms with Gasteiger partial charge < -0.3 is 5.10 Å². The number of aryl methyl sites for hydroxylation is 1. The summed E-state index contributed by atoms with van der Waals surface area (Å²) in [6.45, 7) is 0. The number of fused-ring (bicyclic) bond motifs is 3. The van der Waals surface area contributed by atoms with Crippen molar-refractivity contribution in [2.24, 2.45) is 7.05 Å². The van der Waals surface area contributed by atoms with Crippen molar-refractivity contribution in [1.29, 1.82) is 5.26 Å². The van der Waals surface area contributed by atoms with Crippen LogP contribution in [0.1, 0.15) is 5.56 Å². The summed E-state index contributed by atoms with van der Waals surface area (Å²) in [6, 6.07) is 2.13. The molecule has 5 nitrogen and oxygen atoms in total. The van der Waals surface area contributed by atoms with Crippen LogP contribution < -0.4 is 0 Å². The van der Waals surface area contributed by atoms with E-state index in [1.165, 1.54) is 0 Å². The van der Waals surface area contributed by atoms with Gasteiger partial charge in [-0.25, -0.2) is 9.97 Å². The van der Waals surface area contributed by atoms with Crippen molar-refractivity contribution >= 4 is 37.9 Å². The van der Waals surface area contributed by atoms with Gasteiger partial charge in [0.25, 0.3) is 0 Å². The fourth-order valence-corrected chi connectivity index (χ4v) is 2.34. The van der Waals surface area contributed by atoms with Crippen LogP contribution >= 0.6 is 15.9 Å². The molecule has 0 aromatic carbocycles. The molecule has 3 rings (SSSR count). The lowest BCUT2D eigenvalue weighted by Crippen LogP contribution is -1.91. The Hall–Kier alpha value is -1.87. The lowest BCUT2D eigenvalue weighted by Gasteiger charge is -1.99. The molecule has 0 amide bonds. The quantitative estimate of drug-likeness (QED) is 0.639. The van der Waals surface area contributed by atoms with Crippen LogP contribution in [-0.4, -0.2) is 19.7 Å². The molecule has 16 heavy (non-hydrogen) atoms. The van der Waals surface area contributed by atoms with Crippen molar-refractivity contribution in [3.63, 3.8) is 0 Å². The number of H-pyrrole nitrogens is 1. The summed E-state index contributed by atoms with van der Waals surface area (Å²) in [5.41, 5.74) is 2.08. The van der Waals surface area contributed by atoms with Gasteiger partial charge in [-0.15, -0.1) is 0 Å². The first-order valence-corrected chi connectivity index (χ1v) is 5.40. The summed E-state index contributed by atoms with van der Waals surface area (Å²) in [5.74, 6) is 0. The number of aromatic nitrogens is 4. The second-order valence-corrected chi connectivity index (χ2v) is 4.23. The Labute approximate surface area is 98.8 Å². The Kier molecular flexibility index (Phi) is 1.79. The summed E-state index contributed by atoms with van der Waals surface area (Å²) in [4.78, 5) is 8.44. The summed E-state index contributed by atoms with van der Waals surface area (Å²) in [7, 11) is 1.89. The van der Waals surface area contributed by atoms with Crippen molar-refractivity contribution in [3.05, 3.63) is 22.6 Å². The van der Waals surface area contributed by atoms with E-state index < -0.39 is 0 Å². The maximum Gasteiger partial charge on any atom is 0.164 e. The minimum Gasteiger partial charge on any atom is -0.305 e. The van der Waals surface area contributed by atoms with Crippen LogP contribution in [-0.2, 0) is 7.05 Å². The van der Waals surface area contributed by atoms with Crippen molar-refractivity contribution in [1.82, 2.24) is 19.7 Å². The highest BCUT2D eigenvalue weighted by molar-refractivity contribution is 9.10. The Morgan fingerprint density at radius 3 is 3.12 bits per heavy atom. The normalized spacial score (nSPS) is 11.1. The largest absolute Gasteiger partial charge is 0.305 e. The highest BCUT2D eigenvalue weighted by atomic mass is 79.9. The van der Waals surface area contributed by atoms with Crippen LogP contribution in [0.25, 0.3) is 21.9 Å². The topological polar surface area (TPSA) is 70.3 Å². The van der Waals surface area contributed by atoms with E-state index in [1.54, 1.807) is 6.20 Å². The summed E-state index contributed by atoms with van der Waals surface area (Å²) < 4.78 is 2.58. The standard InChI is InChI=1S/C10H6BrN5/c1-16-8-6(4-14-16)9(11)15-10-7(8)5(2-12)3-13-10/h3-4,14H,1H3. The van der Waals surface area contributed by atoms with Crippen molar-refractivity contribution in [3.8, 4) is 6.07 Å². The number of rotatable bonds is 0. The van der Waals surface area contributed by atoms with E-state index in [2.05, 4.69) is 37.1 Å². The predicted molar refractivity (Wildman–Crippen MR) is 62.8 cm³/mol. The molecule has 3 aromatic rings. The van der Waals surface area contributed by atoms with Gasteiger partial charge in [0, 0.05) is 19.4 Å². The molecule has 0 aliphatic carbocycles. The Morgan fingerprint density at radius 2 is 2.38 bits per heavy atom. The molecule has 3 aromatic heterocycles. The number of nitrogens with zero attached hydrogens (tertiary/aromatic N) is 4. The highest BCUT2D eigenvalue weighted by Gasteiger charge is 2.15. The third-order valence-electron chi connectivity index (χ3n) is 2.59. The zero-order valence-corrected chi connectivity index (χ0v) is 9.91. The van der Waals surface area contributed by atoms with E-state index in [0.717, 1.165) is 20.9 Å². The van der Waals surface area contributed by atoms with Gasteiger partial charge in [0.2, 0.25) is 0 Å². The smallest absolute Gasteiger partial charge is 0.164 e. The molecule has 78 valence electrons. The second kappa shape index (κ2) is 3.06. The third kappa shape index (κ3) is 1.03. The molecular formula is C10H6BrN5. The van der Waals surface area contributed by atoms with Gasteiger partial charge in [-0.2, -0.15) is 5.26 Å². The molecule has 0 radical (unpaired) electrons. The molecule has 0 unspecified atom stereocenters. The summed E-state index contributed by atoms with van der Waals surface area (Å²) in [5, 5.41) is 13.8. The summed E-state index contributed by atoms with van der Waals surface area (Å²) >= 11 is 3.40. The first kappa shape index (κ1) is 9.36. The van der Waals surface area contributed by atoms with Crippen LogP contribution in [0, 0.1) is 11.3 Å². The highest BCUT2D eigenvalue weighted by Crippen LogP contribution is 2.30. The number of hydrogen-bond acceptors (Lipinski definition) is 3. The van der Waals surface area contributed by atoms with Crippen molar-refractivity contribution < 1.29 is 0 Å². The van der Waals surface area contributed by atoms with Gasteiger partial charge >= 0.3 is 0 Å². The van der Waals surface area contributed by atoms with Crippen LogP contribution in [0.5, 0.6) is 0 Å². The Bertz CT molecular complexity index is 746. The van der Waals surface area contributed by atoms with Crippen LogP contribution in [0.15, 0.2) is 17.0 Å². The summed E-state index contributed by atoms with van der Waals surface area (Å²) in [6.07, 6.45) is 3.40. The average molecular weight is 276 g/mol. The monoisotopic (exact) mass is 275 g/mol. The second-order valence-electron chi connectivity index (χ2n) is 3.48. The fourth-order valence-electron chi connectivity index (χ4n) is 1.87. The molecule has 1 N–H and O–H groups in total. The zero-order valence-electron chi connectivity index (χ0n) is 8.32. The maximum atomic E-state index is 9.03. The molecule has 0 fully saturated rings. The number of pyridine rings is 1. The lowest BCUT2D eigenvalue weighted by molar-refractivity contribution is 0.799. The molecular weight excluding hydrogens is 270 g/mol. The van der Waals surface area contributed by atoms with Gasteiger partial charge in [-0.05, 0) is 15.9 Å². The van der Waals surface area contributed by atoms with Crippen molar-refractivity contribution in [2.45, 2.75) is 0 Å². The molecule has 0 saturated carbocycles. The maximum absolute atomic E-state index is 9.03. The van der Waals surface area contributed by atoms with E-state index in [-0.39, 0.29) is 0 Å². The van der Waals surface area contributed by atoms with E-state index in [4.69, 9.17) is 5.26 Å². The van der Waals surface area contributed by atoms with Crippen LogP contribution in [0.4, 0.5) is 0 Å². The van der Waals surface area contributed by atoms with Gasteiger partial charge in [0.1, 0.15) is 10.7 Å².